The minimum absolute atomic E-state index is 0.157. The molecule has 2 aromatic carbocycles. The van der Waals surface area contributed by atoms with E-state index in [0.717, 1.165) is 0 Å². The van der Waals surface area contributed by atoms with Crippen molar-refractivity contribution < 1.29 is 23.8 Å². The van der Waals surface area contributed by atoms with E-state index in [-0.39, 0.29) is 17.6 Å². The molecule has 6 heteroatoms. The van der Waals surface area contributed by atoms with Crippen LogP contribution in [-0.4, -0.2) is 23.6 Å². The maximum atomic E-state index is 13.6. The van der Waals surface area contributed by atoms with Gasteiger partial charge in [0, 0.05) is 11.6 Å². The molecule has 1 unspecified atom stereocenters. The fourth-order valence-corrected chi connectivity index (χ4v) is 2.25. The summed E-state index contributed by atoms with van der Waals surface area (Å²) in [5.41, 5.74) is 1.19. The second-order valence-electron chi connectivity index (χ2n) is 5.73. The molecule has 0 radical (unpaired) electrons. The van der Waals surface area contributed by atoms with Crippen LogP contribution in [0.15, 0.2) is 48.5 Å². The molecule has 25 heavy (non-hydrogen) atoms. The van der Waals surface area contributed by atoms with E-state index in [1.54, 1.807) is 49.4 Å². The lowest BCUT2D eigenvalue weighted by molar-refractivity contribution is -0.139. The Labute approximate surface area is 145 Å². The smallest absolute Gasteiger partial charge is 0.341 e. The van der Waals surface area contributed by atoms with E-state index in [2.05, 4.69) is 5.32 Å². The second kappa shape index (κ2) is 8.82. The summed E-state index contributed by atoms with van der Waals surface area (Å²) in [7, 11) is 0. The molecule has 0 heterocycles. The lowest BCUT2D eigenvalue weighted by atomic mass is 10.00. The summed E-state index contributed by atoms with van der Waals surface area (Å²) in [5.74, 6) is -1.33. The van der Waals surface area contributed by atoms with E-state index in [0.29, 0.717) is 29.8 Å². The van der Waals surface area contributed by atoms with Crippen molar-refractivity contribution in [2.75, 3.05) is 11.9 Å². The molecule has 5 nitrogen and oxygen atoms in total. The minimum Gasteiger partial charge on any atom is -0.482 e. The number of amides is 1. The van der Waals surface area contributed by atoms with Gasteiger partial charge in [0.25, 0.3) is 0 Å². The molecule has 0 spiro atoms. The molecule has 0 fully saturated rings. The van der Waals surface area contributed by atoms with Crippen LogP contribution < -0.4 is 10.1 Å². The van der Waals surface area contributed by atoms with Gasteiger partial charge < -0.3 is 15.2 Å². The van der Waals surface area contributed by atoms with Crippen LogP contribution in [0.5, 0.6) is 5.75 Å². The summed E-state index contributed by atoms with van der Waals surface area (Å²) in [6, 6.07) is 13.0. The van der Waals surface area contributed by atoms with Gasteiger partial charge in [-0.15, -0.1) is 0 Å². The summed E-state index contributed by atoms with van der Waals surface area (Å²) >= 11 is 0. The molecular weight excluding hydrogens is 325 g/mol. The summed E-state index contributed by atoms with van der Waals surface area (Å²) in [6.07, 6.45) is 1.02. The standard InChI is InChI=1S/C19H20FNO4/c1-13(6-7-14-4-2-3-5-17(14)20)19(24)21-15-8-10-16(11-9-15)25-12-18(22)23/h2-5,8-11,13H,6-7,12H2,1H3,(H,21,24)(H,22,23). The van der Waals surface area contributed by atoms with Crippen LogP contribution in [0.2, 0.25) is 0 Å². The predicted octanol–water partition coefficient (Wildman–Crippen LogP) is 3.50. The number of benzene rings is 2. The number of ether oxygens (including phenoxy) is 1. The van der Waals surface area contributed by atoms with Gasteiger partial charge in [-0.3, -0.25) is 4.79 Å². The Morgan fingerprint density at radius 3 is 2.48 bits per heavy atom. The molecule has 0 aliphatic rings. The molecular formula is C19H20FNO4. The quantitative estimate of drug-likeness (QED) is 0.768. The molecule has 1 atom stereocenters. The van der Waals surface area contributed by atoms with Crippen molar-refractivity contribution in [2.24, 2.45) is 5.92 Å². The average Bonchev–Trinajstić information content (AvgIpc) is 2.60. The number of nitrogens with one attached hydrogen (secondary N) is 1. The van der Waals surface area contributed by atoms with Crippen molar-refractivity contribution in [1.29, 1.82) is 0 Å². The first-order valence-corrected chi connectivity index (χ1v) is 7.94. The zero-order chi connectivity index (χ0) is 18.2. The van der Waals surface area contributed by atoms with Crippen LogP contribution in [-0.2, 0) is 16.0 Å². The van der Waals surface area contributed by atoms with Crippen LogP contribution in [0.1, 0.15) is 18.9 Å². The maximum absolute atomic E-state index is 13.6. The molecule has 1 amide bonds. The predicted molar refractivity (Wildman–Crippen MR) is 92.1 cm³/mol. The third-order valence-corrected chi connectivity index (χ3v) is 3.74. The molecule has 0 aliphatic carbocycles. The van der Waals surface area contributed by atoms with E-state index in [1.165, 1.54) is 6.07 Å². The summed E-state index contributed by atoms with van der Waals surface area (Å²) in [4.78, 5) is 22.6. The first kappa shape index (κ1) is 18.4. The number of carboxylic acid groups (broad SMARTS) is 1. The average molecular weight is 345 g/mol. The molecule has 0 aliphatic heterocycles. The van der Waals surface area contributed by atoms with Crippen molar-refractivity contribution in [3.05, 3.63) is 59.9 Å². The highest BCUT2D eigenvalue weighted by Crippen LogP contribution is 2.18. The SMILES string of the molecule is CC(CCc1ccccc1F)C(=O)Nc1ccc(OCC(=O)O)cc1. The van der Waals surface area contributed by atoms with Gasteiger partial charge in [0.15, 0.2) is 6.61 Å². The number of rotatable bonds is 8. The number of halogens is 1. The summed E-state index contributed by atoms with van der Waals surface area (Å²) in [5, 5.41) is 11.3. The molecule has 2 N–H and O–H groups in total. The Balaban J connectivity index is 1.84. The third-order valence-electron chi connectivity index (χ3n) is 3.74. The first-order valence-electron chi connectivity index (χ1n) is 7.94. The number of carbonyl (C=O) groups excluding carboxylic acids is 1. The number of aliphatic carboxylic acids is 1. The lowest BCUT2D eigenvalue weighted by Gasteiger charge is -2.13. The number of hydrogen-bond donors (Lipinski definition) is 2. The summed E-state index contributed by atoms with van der Waals surface area (Å²) in [6.45, 7) is 1.37. The van der Waals surface area contributed by atoms with E-state index in [9.17, 15) is 14.0 Å². The lowest BCUT2D eigenvalue weighted by Crippen LogP contribution is -2.21. The number of carbonyl (C=O) groups is 2. The zero-order valence-electron chi connectivity index (χ0n) is 13.9. The maximum Gasteiger partial charge on any atom is 0.341 e. The zero-order valence-corrected chi connectivity index (χ0v) is 13.9. The Morgan fingerprint density at radius 2 is 1.84 bits per heavy atom. The molecule has 0 aromatic heterocycles. The van der Waals surface area contributed by atoms with Crippen molar-refractivity contribution >= 4 is 17.6 Å². The summed E-state index contributed by atoms with van der Waals surface area (Å²) < 4.78 is 18.6. The Kier molecular flexibility index (Phi) is 6.51. The molecule has 0 bridgehead atoms. The van der Waals surface area contributed by atoms with E-state index in [1.807, 2.05) is 0 Å². The monoisotopic (exact) mass is 345 g/mol. The fourth-order valence-electron chi connectivity index (χ4n) is 2.25. The van der Waals surface area contributed by atoms with Gasteiger partial charge in [-0.1, -0.05) is 25.1 Å². The largest absolute Gasteiger partial charge is 0.482 e. The first-order chi connectivity index (χ1) is 12.0. The second-order valence-corrected chi connectivity index (χ2v) is 5.73. The Hall–Kier alpha value is -2.89. The van der Waals surface area contributed by atoms with E-state index in [4.69, 9.17) is 9.84 Å². The van der Waals surface area contributed by atoms with Crippen molar-refractivity contribution in [3.8, 4) is 5.75 Å². The van der Waals surface area contributed by atoms with Gasteiger partial charge in [-0.05, 0) is 48.7 Å². The van der Waals surface area contributed by atoms with Crippen molar-refractivity contribution in [2.45, 2.75) is 19.8 Å². The van der Waals surface area contributed by atoms with Gasteiger partial charge in [0.2, 0.25) is 5.91 Å². The van der Waals surface area contributed by atoms with Crippen LogP contribution in [0.25, 0.3) is 0 Å². The number of aryl methyl sites for hydroxylation is 1. The highest BCUT2D eigenvalue weighted by Gasteiger charge is 2.14. The van der Waals surface area contributed by atoms with Crippen molar-refractivity contribution in [1.82, 2.24) is 0 Å². The highest BCUT2D eigenvalue weighted by atomic mass is 19.1. The minimum atomic E-state index is -1.05. The van der Waals surface area contributed by atoms with Gasteiger partial charge in [0.1, 0.15) is 11.6 Å². The molecule has 0 saturated carbocycles. The van der Waals surface area contributed by atoms with Gasteiger partial charge in [-0.2, -0.15) is 0 Å². The van der Waals surface area contributed by atoms with Crippen molar-refractivity contribution in [3.63, 3.8) is 0 Å². The number of hydrogen-bond acceptors (Lipinski definition) is 3. The van der Waals surface area contributed by atoms with Crippen LogP contribution >= 0.6 is 0 Å². The fraction of sp³-hybridized carbons (Fsp3) is 0.263. The topological polar surface area (TPSA) is 75.6 Å². The van der Waals surface area contributed by atoms with Crippen LogP contribution in [0.3, 0.4) is 0 Å². The normalized spacial score (nSPS) is 11.6. The Morgan fingerprint density at radius 1 is 1.16 bits per heavy atom. The Bertz CT molecular complexity index is 730. The van der Waals surface area contributed by atoms with Crippen LogP contribution in [0, 0.1) is 11.7 Å². The highest BCUT2D eigenvalue weighted by molar-refractivity contribution is 5.92. The number of carboxylic acids is 1. The van der Waals surface area contributed by atoms with E-state index < -0.39 is 12.6 Å². The molecule has 2 rings (SSSR count). The molecule has 0 saturated heterocycles. The molecule has 132 valence electrons. The number of anilines is 1. The third kappa shape index (κ3) is 5.91. The molecule has 2 aromatic rings. The van der Waals surface area contributed by atoms with Gasteiger partial charge >= 0.3 is 5.97 Å². The van der Waals surface area contributed by atoms with Crippen LogP contribution in [0.4, 0.5) is 10.1 Å². The van der Waals surface area contributed by atoms with Gasteiger partial charge in [-0.25, -0.2) is 9.18 Å². The van der Waals surface area contributed by atoms with E-state index >= 15 is 0 Å². The van der Waals surface area contributed by atoms with Gasteiger partial charge in [0.05, 0.1) is 0 Å².